The molecule has 0 spiro atoms. The van der Waals surface area contributed by atoms with Crippen LogP contribution >= 0.6 is 0 Å². The fourth-order valence-corrected chi connectivity index (χ4v) is 2.63. The van der Waals surface area contributed by atoms with Gasteiger partial charge in [0.2, 0.25) is 0 Å². The Bertz CT molecular complexity index is 785. The fraction of sp³-hybridized carbons (Fsp3) is 0.316. The van der Waals surface area contributed by atoms with Crippen LogP contribution in [-0.2, 0) is 0 Å². The number of nitro benzene ring substituents is 1. The standard InChI is InChI=1S/C19H23N3O4/c1-19(2,3)17(13-8-6-5-7-9-13)21-18(23)20-15-11-10-14(26-4)12-16(15)22(24)25/h5-12,17H,1-4H3,(H2,20,21,23). The molecule has 2 N–H and O–H groups in total. The SMILES string of the molecule is COc1ccc(NC(=O)NC(c2ccccc2)C(C)(C)C)c([N+](=O)[O-])c1. The number of rotatable bonds is 5. The van der Waals surface area contributed by atoms with Gasteiger partial charge in [-0.3, -0.25) is 10.1 Å². The second-order valence-corrected chi connectivity index (χ2v) is 6.95. The van der Waals surface area contributed by atoms with Crippen molar-refractivity contribution in [3.63, 3.8) is 0 Å². The van der Waals surface area contributed by atoms with E-state index in [-0.39, 0.29) is 22.8 Å². The molecule has 2 rings (SSSR count). The number of methoxy groups -OCH3 is 1. The van der Waals surface area contributed by atoms with Crippen LogP contribution in [0.1, 0.15) is 32.4 Å². The lowest BCUT2D eigenvalue weighted by molar-refractivity contribution is -0.384. The van der Waals surface area contributed by atoms with E-state index in [0.29, 0.717) is 5.75 Å². The molecule has 0 heterocycles. The van der Waals surface area contributed by atoms with E-state index in [4.69, 9.17) is 4.74 Å². The Morgan fingerprint density at radius 2 is 1.81 bits per heavy atom. The number of anilines is 1. The average Bonchev–Trinajstić information content (AvgIpc) is 2.59. The molecule has 138 valence electrons. The molecule has 7 heteroatoms. The van der Waals surface area contributed by atoms with Crippen molar-refractivity contribution in [1.29, 1.82) is 0 Å². The third kappa shape index (κ3) is 4.72. The van der Waals surface area contributed by atoms with Gasteiger partial charge in [0, 0.05) is 0 Å². The normalized spacial score (nSPS) is 12.2. The van der Waals surface area contributed by atoms with E-state index in [1.807, 2.05) is 51.1 Å². The molecule has 0 saturated heterocycles. The van der Waals surface area contributed by atoms with Crippen LogP contribution in [0.5, 0.6) is 5.75 Å². The fourth-order valence-electron chi connectivity index (χ4n) is 2.63. The van der Waals surface area contributed by atoms with Crippen LogP contribution in [0.3, 0.4) is 0 Å². The van der Waals surface area contributed by atoms with E-state index in [1.54, 1.807) is 6.07 Å². The minimum atomic E-state index is -0.559. The molecule has 2 aromatic carbocycles. The van der Waals surface area contributed by atoms with E-state index in [2.05, 4.69) is 10.6 Å². The number of ether oxygens (including phenoxy) is 1. The number of hydrogen-bond donors (Lipinski definition) is 2. The predicted octanol–water partition coefficient (Wildman–Crippen LogP) is 4.51. The van der Waals surface area contributed by atoms with Crippen LogP contribution < -0.4 is 15.4 Å². The van der Waals surface area contributed by atoms with Gasteiger partial charge in [-0.25, -0.2) is 4.79 Å². The molecule has 2 aromatic rings. The monoisotopic (exact) mass is 357 g/mol. The zero-order chi connectivity index (χ0) is 19.3. The van der Waals surface area contributed by atoms with Crippen LogP contribution in [0.2, 0.25) is 0 Å². The quantitative estimate of drug-likeness (QED) is 0.608. The summed E-state index contributed by atoms with van der Waals surface area (Å²) in [5.74, 6) is 0.347. The van der Waals surface area contributed by atoms with E-state index < -0.39 is 11.0 Å². The number of carbonyl (C=O) groups excluding carboxylic acids is 1. The summed E-state index contributed by atoms with van der Waals surface area (Å²) in [6.45, 7) is 6.04. The van der Waals surface area contributed by atoms with Gasteiger partial charge in [-0.1, -0.05) is 51.1 Å². The number of hydrogen-bond acceptors (Lipinski definition) is 4. The molecular formula is C19H23N3O4. The van der Waals surface area contributed by atoms with Crippen LogP contribution in [-0.4, -0.2) is 18.1 Å². The smallest absolute Gasteiger partial charge is 0.319 e. The number of amides is 2. The lowest BCUT2D eigenvalue weighted by Crippen LogP contribution is -2.39. The van der Waals surface area contributed by atoms with Crippen molar-refractivity contribution in [2.24, 2.45) is 5.41 Å². The van der Waals surface area contributed by atoms with Crippen molar-refractivity contribution >= 4 is 17.4 Å². The van der Waals surface area contributed by atoms with E-state index in [0.717, 1.165) is 5.56 Å². The van der Waals surface area contributed by atoms with Crippen LogP contribution in [0, 0.1) is 15.5 Å². The Morgan fingerprint density at radius 1 is 1.15 bits per heavy atom. The molecule has 0 aliphatic heterocycles. The highest BCUT2D eigenvalue weighted by molar-refractivity contribution is 5.92. The molecule has 1 atom stereocenters. The first kappa shape index (κ1) is 19.2. The van der Waals surface area contributed by atoms with Gasteiger partial charge < -0.3 is 15.4 Å². The molecule has 2 amide bonds. The van der Waals surface area contributed by atoms with Crippen LogP contribution in [0.4, 0.5) is 16.2 Å². The van der Waals surface area contributed by atoms with Gasteiger partial charge in [-0.15, -0.1) is 0 Å². The first-order chi connectivity index (χ1) is 12.2. The lowest BCUT2D eigenvalue weighted by Gasteiger charge is -2.32. The van der Waals surface area contributed by atoms with E-state index in [9.17, 15) is 14.9 Å². The summed E-state index contributed by atoms with van der Waals surface area (Å²) in [4.78, 5) is 23.2. The van der Waals surface area contributed by atoms with Crippen molar-refractivity contribution in [3.05, 3.63) is 64.2 Å². The Labute approximate surface area is 152 Å². The highest BCUT2D eigenvalue weighted by Crippen LogP contribution is 2.33. The van der Waals surface area contributed by atoms with Gasteiger partial charge in [0.1, 0.15) is 11.4 Å². The third-order valence-corrected chi connectivity index (χ3v) is 3.92. The van der Waals surface area contributed by atoms with Crippen molar-refractivity contribution in [1.82, 2.24) is 5.32 Å². The highest BCUT2D eigenvalue weighted by Gasteiger charge is 2.28. The molecule has 0 aliphatic carbocycles. The molecule has 0 radical (unpaired) electrons. The Kier molecular flexibility index (Phi) is 5.82. The molecule has 0 aliphatic rings. The zero-order valence-corrected chi connectivity index (χ0v) is 15.3. The second kappa shape index (κ2) is 7.86. The third-order valence-electron chi connectivity index (χ3n) is 3.92. The summed E-state index contributed by atoms with van der Waals surface area (Å²) in [7, 11) is 1.42. The van der Waals surface area contributed by atoms with Gasteiger partial charge in [-0.05, 0) is 23.1 Å². The van der Waals surface area contributed by atoms with Crippen molar-refractivity contribution in [2.45, 2.75) is 26.8 Å². The maximum atomic E-state index is 12.5. The van der Waals surface area contributed by atoms with E-state index in [1.165, 1.54) is 19.2 Å². The summed E-state index contributed by atoms with van der Waals surface area (Å²) in [6.07, 6.45) is 0. The number of urea groups is 1. The van der Waals surface area contributed by atoms with Crippen molar-refractivity contribution in [2.75, 3.05) is 12.4 Å². The van der Waals surface area contributed by atoms with Gasteiger partial charge in [0.25, 0.3) is 5.69 Å². The second-order valence-electron chi connectivity index (χ2n) is 6.95. The number of carbonyl (C=O) groups is 1. The van der Waals surface area contributed by atoms with Gasteiger partial charge in [0.15, 0.2) is 0 Å². The highest BCUT2D eigenvalue weighted by atomic mass is 16.6. The number of nitro groups is 1. The number of nitrogens with zero attached hydrogens (tertiary/aromatic N) is 1. The summed E-state index contributed by atoms with van der Waals surface area (Å²) in [6, 6.07) is 13.1. The Morgan fingerprint density at radius 3 is 2.35 bits per heavy atom. The molecule has 1 unspecified atom stereocenters. The number of nitrogens with one attached hydrogen (secondary N) is 2. The molecule has 0 bridgehead atoms. The summed E-state index contributed by atoms with van der Waals surface area (Å²) in [5.41, 5.74) is 0.588. The zero-order valence-electron chi connectivity index (χ0n) is 15.3. The Hall–Kier alpha value is -3.09. The van der Waals surface area contributed by atoms with Gasteiger partial charge in [0.05, 0.1) is 24.1 Å². The van der Waals surface area contributed by atoms with E-state index >= 15 is 0 Å². The van der Waals surface area contributed by atoms with Crippen molar-refractivity contribution < 1.29 is 14.5 Å². The summed E-state index contributed by atoms with van der Waals surface area (Å²) >= 11 is 0. The van der Waals surface area contributed by atoms with Crippen LogP contribution in [0.25, 0.3) is 0 Å². The average molecular weight is 357 g/mol. The molecule has 0 saturated carbocycles. The number of benzene rings is 2. The first-order valence-electron chi connectivity index (χ1n) is 8.17. The predicted molar refractivity (Wildman–Crippen MR) is 100 cm³/mol. The maximum absolute atomic E-state index is 12.5. The minimum absolute atomic E-state index is 0.106. The lowest BCUT2D eigenvalue weighted by atomic mass is 9.82. The maximum Gasteiger partial charge on any atom is 0.319 e. The largest absolute Gasteiger partial charge is 0.496 e. The summed E-state index contributed by atoms with van der Waals surface area (Å²) < 4.78 is 5.00. The first-order valence-corrected chi connectivity index (χ1v) is 8.17. The molecular weight excluding hydrogens is 334 g/mol. The molecule has 0 aromatic heterocycles. The van der Waals surface area contributed by atoms with Crippen LogP contribution in [0.15, 0.2) is 48.5 Å². The van der Waals surface area contributed by atoms with Gasteiger partial charge >= 0.3 is 6.03 Å². The summed E-state index contributed by atoms with van der Waals surface area (Å²) in [5, 5.41) is 16.7. The molecule has 0 fully saturated rings. The van der Waals surface area contributed by atoms with Gasteiger partial charge in [-0.2, -0.15) is 0 Å². The van der Waals surface area contributed by atoms with Crippen molar-refractivity contribution in [3.8, 4) is 5.75 Å². The Balaban J connectivity index is 2.23. The molecule has 26 heavy (non-hydrogen) atoms. The minimum Gasteiger partial charge on any atom is -0.496 e. The topological polar surface area (TPSA) is 93.5 Å². The molecule has 7 nitrogen and oxygen atoms in total.